The molecule has 0 spiro atoms. The summed E-state index contributed by atoms with van der Waals surface area (Å²) in [5.74, 6) is 5.07. The topological polar surface area (TPSA) is 96.5 Å². The van der Waals surface area contributed by atoms with Crippen LogP contribution in [0.1, 0.15) is 81.8 Å². The molecule has 0 unspecified atom stereocenters. The summed E-state index contributed by atoms with van der Waals surface area (Å²) in [6.45, 7) is 0. The molecule has 0 saturated heterocycles. The van der Waals surface area contributed by atoms with E-state index in [1.54, 1.807) is 0 Å². The number of nitrogen functional groups attached to an aromatic ring is 3. The van der Waals surface area contributed by atoms with Crippen LogP contribution in [0, 0.1) is 11.8 Å². The van der Waals surface area contributed by atoms with Gasteiger partial charge in [-0.05, 0) is 134 Å². The van der Waals surface area contributed by atoms with Gasteiger partial charge in [0.2, 0.25) is 0 Å². The molecule has 0 amide bonds. The van der Waals surface area contributed by atoms with Crippen LogP contribution < -0.4 is 26.7 Å². The van der Waals surface area contributed by atoms with Crippen LogP contribution in [-0.2, 0) is 5.41 Å². The van der Waals surface area contributed by atoms with Crippen molar-refractivity contribution in [1.82, 2.24) is 0 Å². The Balaban J connectivity index is 0.000000531. The van der Waals surface area contributed by atoms with E-state index in [1.807, 2.05) is 78.9 Å². The summed E-state index contributed by atoms with van der Waals surface area (Å²) in [7, 11) is 0. The highest BCUT2D eigenvalue weighted by atomic mass is 16.5. The smallest absolute Gasteiger partial charge is 0.127 e. The van der Waals surface area contributed by atoms with E-state index in [9.17, 15) is 0 Å². The van der Waals surface area contributed by atoms with Gasteiger partial charge in [-0.1, -0.05) is 87.4 Å². The van der Waals surface area contributed by atoms with Crippen LogP contribution in [0.4, 0.5) is 17.1 Å². The Labute approximate surface area is 292 Å². The summed E-state index contributed by atoms with van der Waals surface area (Å²) in [5, 5.41) is 0. The summed E-state index contributed by atoms with van der Waals surface area (Å²) in [5.41, 5.74) is 22.1. The van der Waals surface area contributed by atoms with Crippen LogP contribution in [0.2, 0.25) is 0 Å². The highest BCUT2D eigenvalue weighted by Gasteiger charge is 2.38. The Bertz CT molecular complexity index is 1600. The molecule has 0 aliphatic heterocycles. The van der Waals surface area contributed by atoms with Gasteiger partial charge in [0.15, 0.2) is 0 Å². The zero-order valence-electron chi connectivity index (χ0n) is 28.6. The molecule has 2 saturated carbocycles. The fourth-order valence-electron chi connectivity index (χ4n) is 7.63. The quantitative estimate of drug-likeness (QED) is 0.138. The maximum absolute atomic E-state index is 6.12. The largest absolute Gasteiger partial charge is 0.457 e. The monoisotopic (exact) mass is 653 g/mol. The molecule has 2 aliphatic rings. The minimum Gasteiger partial charge on any atom is -0.457 e. The molecule has 5 nitrogen and oxygen atoms in total. The van der Waals surface area contributed by atoms with Gasteiger partial charge in [-0.2, -0.15) is 0 Å². The van der Waals surface area contributed by atoms with Crippen molar-refractivity contribution in [3.8, 4) is 23.0 Å². The number of nitrogens with two attached hydrogens (primary N) is 3. The molecular formula is C44H51N3O2. The number of benzene rings is 5. The molecule has 0 radical (unpaired) electrons. The number of hydrogen-bond acceptors (Lipinski definition) is 5. The number of para-hydroxylation sites is 1. The lowest BCUT2D eigenvalue weighted by atomic mass is 9.62. The first-order chi connectivity index (χ1) is 23.9. The first-order valence-corrected chi connectivity index (χ1v) is 18.0. The lowest BCUT2D eigenvalue weighted by Gasteiger charge is -2.42. The zero-order chi connectivity index (χ0) is 33.9. The van der Waals surface area contributed by atoms with E-state index in [2.05, 4.69) is 48.5 Å². The van der Waals surface area contributed by atoms with Crippen LogP contribution >= 0.6 is 0 Å². The molecule has 0 aromatic heterocycles. The summed E-state index contributed by atoms with van der Waals surface area (Å²) < 4.78 is 12.2. The summed E-state index contributed by atoms with van der Waals surface area (Å²) in [6.07, 6.45) is 14.9. The molecule has 2 aliphatic carbocycles. The van der Waals surface area contributed by atoms with Gasteiger partial charge >= 0.3 is 0 Å². The number of hydrogen-bond donors (Lipinski definition) is 3. The first kappa shape index (κ1) is 34.0. The Hall–Kier alpha value is -4.90. The van der Waals surface area contributed by atoms with Gasteiger partial charge in [-0.15, -0.1) is 0 Å². The predicted octanol–water partition coefficient (Wildman–Crippen LogP) is 11.5. The van der Waals surface area contributed by atoms with Gasteiger partial charge in [-0.3, -0.25) is 0 Å². The second kappa shape index (κ2) is 16.5. The van der Waals surface area contributed by atoms with Crippen LogP contribution in [0.3, 0.4) is 0 Å². The van der Waals surface area contributed by atoms with Gasteiger partial charge < -0.3 is 26.7 Å². The highest BCUT2D eigenvalue weighted by molar-refractivity contribution is 5.47. The predicted molar refractivity (Wildman–Crippen MR) is 204 cm³/mol. The molecule has 0 atom stereocenters. The molecule has 0 bridgehead atoms. The van der Waals surface area contributed by atoms with E-state index < -0.39 is 0 Å². The Kier molecular flexibility index (Phi) is 11.4. The fourth-order valence-corrected chi connectivity index (χ4v) is 7.63. The zero-order valence-corrected chi connectivity index (χ0v) is 28.6. The third-order valence-electron chi connectivity index (χ3n) is 10.5. The molecule has 6 N–H and O–H groups in total. The van der Waals surface area contributed by atoms with Crippen LogP contribution in [-0.4, -0.2) is 0 Å². The summed E-state index contributed by atoms with van der Waals surface area (Å²) >= 11 is 0. The maximum Gasteiger partial charge on any atom is 0.127 e. The Morgan fingerprint density at radius 3 is 1.18 bits per heavy atom. The van der Waals surface area contributed by atoms with E-state index in [4.69, 9.17) is 26.7 Å². The third-order valence-corrected chi connectivity index (χ3v) is 10.5. The van der Waals surface area contributed by atoms with Crippen molar-refractivity contribution in [1.29, 1.82) is 0 Å². The second-order valence-corrected chi connectivity index (χ2v) is 13.9. The van der Waals surface area contributed by atoms with Crippen molar-refractivity contribution in [2.75, 3.05) is 17.2 Å². The number of rotatable bonds is 9. The fraction of sp³-hybridized carbons (Fsp3) is 0.318. The van der Waals surface area contributed by atoms with Gasteiger partial charge in [0.05, 0.1) is 0 Å². The molecular weight excluding hydrogens is 603 g/mol. The Morgan fingerprint density at radius 1 is 0.429 bits per heavy atom. The lowest BCUT2D eigenvalue weighted by molar-refractivity contribution is 0.229. The molecule has 5 aromatic carbocycles. The average molecular weight is 654 g/mol. The molecule has 254 valence electrons. The van der Waals surface area contributed by atoms with E-state index in [-0.39, 0.29) is 5.41 Å². The molecule has 5 aromatic rings. The molecule has 49 heavy (non-hydrogen) atoms. The minimum atomic E-state index is -0.0131. The van der Waals surface area contributed by atoms with Crippen molar-refractivity contribution >= 4 is 17.1 Å². The SMILES string of the molecule is Nc1ccc(Oc2ccc(C3(c4ccc(Oc5ccc(N)cc5)cc4)CCC(CCC4CCCCC4)CC3)cc2)cc1.Nc1ccccc1. The second-order valence-electron chi connectivity index (χ2n) is 13.9. The highest BCUT2D eigenvalue weighted by Crippen LogP contribution is 2.48. The number of ether oxygens (including phenoxy) is 2. The summed E-state index contributed by atoms with van der Waals surface area (Å²) in [6, 6.07) is 42.1. The van der Waals surface area contributed by atoms with Gasteiger partial charge in [-0.25, -0.2) is 0 Å². The van der Waals surface area contributed by atoms with Gasteiger partial charge in [0.1, 0.15) is 23.0 Å². The molecule has 7 rings (SSSR count). The summed E-state index contributed by atoms with van der Waals surface area (Å²) in [4.78, 5) is 0. The van der Waals surface area contributed by atoms with E-state index in [0.717, 1.165) is 51.9 Å². The molecule has 0 heterocycles. The van der Waals surface area contributed by atoms with Crippen LogP contribution in [0.25, 0.3) is 0 Å². The van der Waals surface area contributed by atoms with Crippen molar-refractivity contribution in [3.05, 3.63) is 139 Å². The maximum atomic E-state index is 6.12. The van der Waals surface area contributed by atoms with Gasteiger partial charge in [0, 0.05) is 22.5 Å². The van der Waals surface area contributed by atoms with Crippen molar-refractivity contribution in [3.63, 3.8) is 0 Å². The van der Waals surface area contributed by atoms with E-state index in [1.165, 1.54) is 81.8 Å². The van der Waals surface area contributed by atoms with Gasteiger partial charge in [0.25, 0.3) is 0 Å². The van der Waals surface area contributed by atoms with Crippen LogP contribution in [0.5, 0.6) is 23.0 Å². The van der Waals surface area contributed by atoms with E-state index in [0.29, 0.717) is 0 Å². The van der Waals surface area contributed by atoms with Crippen molar-refractivity contribution in [2.45, 2.75) is 76.0 Å². The standard InChI is InChI=1S/C38H44N2O2.C6H7N/c39-32-12-20-36(21-13-32)41-34-16-8-30(9-17-34)38(26-24-29(25-27-38)7-6-28-4-2-1-3-5-28)31-10-18-35(19-11-31)42-37-22-14-33(40)15-23-37;7-6-4-2-1-3-5-6/h8-23,28-29H,1-7,24-27,39-40H2;1-5H,7H2. The first-order valence-electron chi connectivity index (χ1n) is 18.0. The molecule has 2 fully saturated rings. The minimum absolute atomic E-state index is 0.0131. The van der Waals surface area contributed by atoms with Crippen molar-refractivity contribution in [2.24, 2.45) is 11.8 Å². The van der Waals surface area contributed by atoms with Crippen LogP contribution in [0.15, 0.2) is 127 Å². The average Bonchev–Trinajstić information content (AvgIpc) is 3.15. The lowest BCUT2D eigenvalue weighted by Crippen LogP contribution is -2.33. The molecule has 5 heteroatoms. The van der Waals surface area contributed by atoms with Crippen molar-refractivity contribution < 1.29 is 9.47 Å². The van der Waals surface area contributed by atoms with E-state index >= 15 is 0 Å². The normalized spacial score (nSPS) is 16.2. The number of anilines is 3. The third kappa shape index (κ3) is 9.38. The Morgan fingerprint density at radius 2 is 0.796 bits per heavy atom.